The molecule has 0 spiro atoms. The number of benzene rings is 2. The van der Waals surface area contributed by atoms with E-state index in [4.69, 9.17) is 10.2 Å². The summed E-state index contributed by atoms with van der Waals surface area (Å²) < 4.78 is 71.3. The third-order valence-electron chi connectivity index (χ3n) is 4.31. The lowest BCUT2D eigenvalue weighted by atomic mass is 9.94. The molecule has 0 aliphatic heterocycles. The molecule has 0 aliphatic carbocycles. The van der Waals surface area contributed by atoms with E-state index < -0.39 is 74.5 Å². The molecular weight excluding hydrogens is 538 g/mol. The first-order chi connectivity index (χ1) is 16.5. The van der Waals surface area contributed by atoms with Crippen LogP contribution < -0.4 is 0 Å². The summed E-state index contributed by atoms with van der Waals surface area (Å²) in [6.45, 7) is 1.24. The summed E-state index contributed by atoms with van der Waals surface area (Å²) in [5, 5.41) is 15.5. The number of hydrogen-bond donors (Lipinski definition) is 2. The zero-order valence-corrected chi connectivity index (χ0v) is 19.8. The van der Waals surface area contributed by atoms with Crippen LogP contribution in [0.1, 0.15) is 34.1 Å². The monoisotopic (exact) mass is 556 g/mol. The standard InChI is InChI=1S/C12H11F3O3S.C10H7F3O3S/c1-2-11(10(17)18,19-12(13,14)15)9(16)8-6-4-3-5-7-8;11-10(12,13)17-8(9(15)16)7(14)6-4-2-1-3-5-6/h3-7H,2H2,1H3,(H,17,18);1-5,8H,(H,15,16). The SMILES string of the molecule is CCC(SC(F)(F)F)(C(=O)O)C(=O)c1ccccc1.O=C(O)C(SC(F)(F)F)C(=O)c1ccccc1. The van der Waals surface area contributed by atoms with E-state index in [2.05, 4.69) is 0 Å². The lowest BCUT2D eigenvalue weighted by Gasteiger charge is -2.26. The lowest BCUT2D eigenvalue weighted by molar-refractivity contribution is -0.139. The fourth-order valence-corrected chi connectivity index (χ4v) is 4.14. The molecule has 0 aliphatic rings. The summed E-state index contributed by atoms with van der Waals surface area (Å²) in [5.41, 5.74) is -9.69. The maximum atomic E-state index is 12.5. The Bertz CT molecular complexity index is 1060. The number of carboxylic acids is 2. The number of hydrogen-bond acceptors (Lipinski definition) is 6. The van der Waals surface area contributed by atoms with Crippen molar-refractivity contribution in [2.75, 3.05) is 0 Å². The highest BCUT2D eigenvalue weighted by Crippen LogP contribution is 2.44. The number of alkyl halides is 6. The van der Waals surface area contributed by atoms with Gasteiger partial charge in [-0.15, -0.1) is 0 Å². The molecule has 6 nitrogen and oxygen atoms in total. The number of Topliss-reactive ketones (excluding diaryl/α,β-unsaturated/α-hetero) is 2. The van der Waals surface area contributed by atoms with Crippen LogP contribution in [0.25, 0.3) is 0 Å². The maximum absolute atomic E-state index is 12.5. The third kappa shape index (κ3) is 9.22. The number of ketones is 2. The summed E-state index contributed by atoms with van der Waals surface area (Å²) in [6.07, 6.45) is -0.458. The molecule has 0 radical (unpaired) electrons. The van der Waals surface area contributed by atoms with Gasteiger partial charge < -0.3 is 10.2 Å². The van der Waals surface area contributed by atoms with E-state index in [-0.39, 0.29) is 11.1 Å². The molecule has 196 valence electrons. The van der Waals surface area contributed by atoms with Crippen molar-refractivity contribution in [3.8, 4) is 0 Å². The summed E-state index contributed by atoms with van der Waals surface area (Å²) in [4.78, 5) is 45.5. The minimum Gasteiger partial charge on any atom is -0.480 e. The molecule has 0 saturated heterocycles. The largest absolute Gasteiger partial charge is 0.480 e. The van der Waals surface area contributed by atoms with Gasteiger partial charge in [0.25, 0.3) is 0 Å². The number of carbonyl (C=O) groups excluding carboxylic acids is 2. The van der Waals surface area contributed by atoms with E-state index in [0.29, 0.717) is 0 Å². The smallest absolute Gasteiger partial charge is 0.443 e. The molecule has 0 heterocycles. The molecule has 2 unspecified atom stereocenters. The maximum Gasteiger partial charge on any atom is 0.443 e. The zero-order valence-electron chi connectivity index (χ0n) is 18.2. The van der Waals surface area contributed by atoms with Gasteiger partial charge >= 0.3 is 23.0 Å². The number of carboxylic acid groups (broad SMARTS) is 2. The van der Waals surface area contributed by atoms with Crippen LogP contribution in [-0.4, -0.2) is 54.7 Å². The van der Waals surface area contributed by atoms with Crippen LogP contribution in [0, 0.1) is 0 Å². The first-order valence-electron chi connectivity index (χ1n) is 9.71. The van der Waals surface area contributed by atoms with Gasteiger partial charge in [0.1, 0.15) is 0 Å². The average molecular weight is 557 g/mol. The van der Waals surface area contributed by atoms with Gasteiger partial charge in [0.2, 0.25) is 0 Å². The van der Waals surface area contributed by atoms with E-state index in [9.17, 15) is 45.5 Å². The number of carbonyl (C=O) groups is 4. The van der Waals surface area contributed by atoms with E-state index in [0.717, 1.165) is 0 Å². The first-order valence-corrected chi connectivity index (χ1v) is 11.4. The quantitative estimate of drug-likeness (QED) is 0.222. The predicted molar refractivity (Wildman–Crippen MR) is 121 cm³/mol. The zero-order chi connectivity index (χ0) is 27.7. The second kappa shape index (κ2) is 12.8. The van der Waals surface area contributed by atoms with E-state index >= 15 is 0 Å². The highest BCUT2D eigenvalue weighted by atomic mass is 32.2. The second-order valence-corrected chi connectivity index (χ2v) is 9.27. The Kier molecular flexibility index (Phi) is 11.0. The van der Waals surface area contributed by atoms with Crippen LogP contribution in [0.15, 0.2) is 60.7 Å². The number of rotatable bonds is 9. The Balaban J connectivity index is 0.000000362. The van der Waals surface area contributed by atoms with Gasteiger partial charge in [-0.2, -0.15) is 26.3 Å². The third-order valence-corrected chi connectivity index (χ3v) is 6.46. The summed E-state index contributed by atoms with van der Waals surface area (Å²) in [5.74, 6) is -5.71. The highest BCUT2D eigenvalue weighted by Gasteiger charge is 2.53. The minimum atomic E-state index is -4.81. The van der Waals surface area contributed by atoms with Crippen LogP contribution in [0.3, 0.4) is 0 Å². The molecule has 2 N–H and O–H groups in total. The molecule has 0 bridgehead atoms. The Morgan fingerprint density at radius 1 is 0.778 bits per heavy atom. The molecule has 0 saturated carbocycles. The Morgan fingerprint density at radius 3 is 1.56 bits per heavy atom. The number of halogens is 6. The molecule has 2 aromatic rings. The first kappa shape index (κ1) is 31.0. The van der Waals surface area contributed by atoms with E-state index in [1.807, 2.05) is 0 Å². The van der Waals surface area contributed by atoms with Crippen molar-refractivity contribution in [1.82, 2.24) is 0 Å². The molecule has 36 heavy (non-hydrogen) atoms. The molecule has 2 atom stereocenters. The van der Waals surface area contributed by atoms with Crippen molar-refractivity contribution in [3.63, 3.8) is 0 Å². The van der Waals surface area contributed by atoms with Crippen molar-refractivity contribution in [3.05, 3.63) is 71.8 Å². The van der Waals surface area contributed by atoms with Crippen molar-refractivity contribution >= 4 is 47.0 Å². The van der Waals surface area contributed by atoms with Gasteiger partial charge in [-0.05, 0) is 29.9 Å². The van der Waals surface area contributed by atoms with Gasteiger partial charge in [-0.1, -0.05) is 67.6 Å². The van der Waals surface area contributed by atoms with Crippen molar-refractivity contribution < 1.29 is 55.7 Å². The summed E-state index contributed by atoms with van der Waals surface area (Å²) in [7, 11) is 0. The normalized spacial score (nSPS) is 14.0. The van der Waals surface area contributed by atoms with Gasteiger partial charge in [-0.25, -0.2) is 0 Å². The summed E-state index contributed by atoms with van der Waals surface area (Å²) in [6, 6.07) is 14.1. The van der Waals surface area contributed by atoms with Crippen molar-refractivity contribution in [2.45, 2.75) is 34.4 Å². The van der Waals surface area contributed by atoms with Gasteiger partial charge in [0.15, 0.2) is 21.6 Å². The van der Waals surface area contributed by atoms with Crippen LogP contribution in [-0.2, 0) is 9.59 Å². The molecular formula is C22H18F6O6S2. The fourth-order valence-electron chi connectivity index (χ4n) is 2.69. The molecule has 14 heteroatoms. The van der Waals surface area contributed by atoms with Crippen LogP contribution >= 0.6 is 23.5 Å². The van der Waals surface area contributed by atoms with Crippen molar-refractivity contribution in [1.29, 1.82) is 0 Å². The fraction of sp³-hybridized carbons (Fsp3) is 0.273. The highest BCUT2D eigenvalue weighted by molar-refractivity contribution is 8.03. The number of aliphatic carboxylic acids is 2. The lowest BCUT2D eigenvalue weighted by Crippen LogP contribution is -2.45. The van der Waals surface area contributed by atoms with Crippen molar-refractivity contribution in [2.24, 2.45) is 0 Å². The van der Waals surface area contributed by atoms with E-state index in [1.165, 1.54) is 55.5 Å². The molecule has 2 aromatic carbocycles. The predicted octanol–water partition coefficient (Wildman–Crippen LogP) is 5.93. The van der Waals surface area contributed by atoms with Gasteiger partial charge in [0.05, 0.1) is 0 Å². The molecule has 0 amide bonds. The molecule has 0 fully saturated rings. The van der Waals surface area contributed by atoms with Crippen LogP contribution in [0.2, 0.25) is 0 Å². The summed E-state index contributed by atoms with van der Waals surface area (Å²) >= 11 is -1.62. The average Bonchev–Trinajstić information content (AvgIpc) is 2.80. The Labute approximate surface area is 209 Å². The Morgan fingerprint density at radius 2 is 1.22 bits per heavy atom. The van der Waals surface area contributed by atoms with Gasteiger partial charge in [-0.3, -0.25) is 19.2 Å². The van der Waals surface area contributed by atoms with Gasteiger partial charge in [0, 0.05) is 11.1 Å². The van der Waals surface area contributed by atoms with Crippen LogP contribution in [0.4, 0.5) is 26.3 Å². The molecule has 2 rings (SSSR count). The minimum absolute atomic E-state index is 0.0523. The van der Waals surface area contributed by atoms with E-state index in [1.54, 1.807) is 12.1 Å². The van der Waals surface area contributed by atoms with Crippen LogP contribution in [0.5, 0.6) is 0 Å². The second-order valence-electron chi connectivity index (χ2n) is 6.74. The molecule has 0 aromatic heterocycles. The Hall–Kier alpha value is -3.00. The topological polar surface area (TPSA) is 109 Å². The number of thioether (sulfide) groups is 2.